The molecule has 1 aliphatic heterocycles. The summed E-state index contributed by atoms with van der Waals surface area (Å²) >= 11 is 3.74. The van der Waals surface area contributed by atoms with Gasteiger partial charge < -0.3 is 4.74 Å². The molecule has 0 saturated carbocycles. The van der Waals surface area contributed by atoms with E-state index in [1.165, 1.54) is 12.5 Å². The van der Waals surface area contributed by atoms with Gasteiger partial charge in [-0.25, -0.2) is 4.79 Å². The summed E-state index contributed by atoms with van der Waals surface area (Å²) in [6.07, 6.45) is 2.46. The fraction of sp³-hybridized carbons (Fsp3) is 0.667. The Kier molecular flexibility index (Phi) is 4.19. The third-order valence-corrected chi connectivity index (χ3v) is 4.90. The van der Waals surface area contributed by atoms with Crippen LogP contribution in [0, 0.1) is 0 Å². The molecule has 13 heavy (non-hydrogen) atoms. The van der Waals surface area contributed by atoms with Crippen molar-refractivity contribution in [1.82, 2.24) is 0 Å². The lowest BCUT2D eigenvalue weighted by atomic mass is 10.5. The number of ether oxygens (including phenoxy) is 1. The van der Waals surface area contributed by atoms with E-state index in [4.69, 9.17) is 4.74 Å². The minimum absolute atomic E-state index is 0.0525. The number of carbonyl (C=O) groups is 1. The van der Waals surface area contributed by atoms with Gasteiger partial charge in [0.25, 0.3) is 0 Å². The molecule has 0 amide bonds. The van der Waals surface area contributed by atoms with E-state index in [1.54, 1.807) is 0 Å². The Balaban J connectivity index is 2.32. The summed E-state index contributed by atoms with van der Waals surface area (Å²) in [5.74, 6) is 2.00. The van der Waals surface area contributed by atoms with Crippen molar-refractivity contribution in [3.63, 3.8) is 0 Å². The maximum atomic E-state index is 10.8. The first-order valence-corrected chi connectivity index (χ1v) is 6.20. The van der Waals surface area contributed by atoms with Gasteiger partial charge in [0.15, 0.2) is 0 Å². The molecule has 4 heteroatoms. The molecule has 1 aliphatic rings. The summed E-state index contributed by atoms with van der Waals surface area (Å²) < 4.78 is 5.09. The highest BCUT2D eigenvalue weighted by Gasteiger charge is 2.29. The van der Waals surface area contributed by atoms with Crippen LogP contribution in [-0.2, 0) is 9.53 Å². The lowest BCUT2D eigenvalue weighted by molar-refractivity contribution is -0.137. The fourth-order valence-electron chi connectivity index (χ4n) is 1.02. The second-order valence-corrected chi connectivity index (χ2v) is 6.45. The van der Waals surface area contributed by atoms with Crippen molar-refractivity contribution in [2.75, 3.05) is 18.1 Å². The van der Waals surface area contributed by atoms with E-state index in [1.807, 2.05) is 23.5 Å². The SMILES string of the molecule is C=CC(=O)OCC1(C)SCCCS1. The summed E-state index contributed by atoms with van der Waals surface area (Å²) in [5.41, 5.74) is 0. The minimum Gasteiger partial charge on any atom is -0.460 e. The lowest BCUT2D eigenvalue weighted by Gasteiger charge is -2.31. The molecule has 1 saturated heterocycles. The second kappa shape index (κ2) is 4.96. The molecule has 1 heterocycles. The number of thioether (sulfide) groups is 2. The number of hydrogen-bond donors (Lipinski definition) is 0. The Bertz CT molecular complexity index is 198. The number of carbonyl (C=O) groups excluding carboxylic acids is 1. The average Bonchev–Trinajstić information content (AvgIpc) is 2.15. The zero-order valence-electron chi connectivity index (χ0n) is 7.75. The minimum atomic E-state index is -0.326. The Morgan fingerprint density at radius 3 is 2.77 bits per heavy atom. The Hall–Kier alpha value is -0.0900. The Morgan fingerprint density at radius 2 is 2.23 bits per heavy atom. The molecule has 0 N–H and O–H groups in total. The van der Waals surface area contributed by atoms with E-state index in [-0.39, 0.29) is 10.0 Å². The monoisotopic (exact) mass is 218 g/mol. The van der Waals surface area contributed by atoms with Crippen molar-refractivity contribution in [3.05, 3.63) is 12.7 Å². The van der Waals surface area contributed by atoms with E-state index in [0.29, 0.717) is 6.61 Å². The van der Waals surface area contributed by atoms with Crippen molar-refractivity contribution >= 4 is 29.5 Å². The molecule has 0 radical (unpaired) electrons. The van der Waals surface area contributed by atoms with Crippen LogP contribution >= 0.6 is 23.5 Å². The molecule has 2 nitrogen and oxygen atoms in total. The van der Waals surface area contributed by atoms with Crippen molar-refractivity contribution < 1.29 is 9.53 Å². The predicted molar refractivity (Wildman–Crippen MR) is 59.1 cm³/mol. The lowest BCUT2D eigenvalue weighted by Crippen LogP contribution is -2.28. The predicted octanol–water partition coefficient (Wildman–Crippen LogP) is 2.30. The Labute approximate surface area is 87.5 Å². The van der Waals surface area contributed by atoms with Crippen LogP contribution in [0.15, 0.2) is 12.7 Å². The normalized spacial score (nSPS) is 20.7. The second-order valence-electron chi connectivity index (χ2n) is 3.00. The van der Waals surface area contributed by atoms with Crippen LogP contribution in [0.4, 0.5) is 0 Å². The van der Waals surface area contributed by atoms with Gasteiger partial charge in [0.2, 0.25) is 0 Å². The van der Waals surface area contributed by atoms with Gasteiger partial charge in [-0.15, -0.1) is 23.5 Å². The molecule has 1 rings (SSSR count). The van der Waals surface area contributed by atoms with Gasteiger partial charge in [0.1, 0.15) is 6.61 Å². The standard InChI is InChI=1S/C9H14O2S2/c1-3-8(10)11-7-9(2)12-5-4-6-13-9/h3H,1,4-7H2,2H3. The molecular weight excluding hydrogens is 204 g/mol. The van der Waals surface area contributed by atoms with E-state index in [9.17, 15) is 4.79 Å². The van der Waals surface area contributed by atoms with Crippen LogP contribution in [-0.4, -0.2) is 28.2 Å². The molecule has 0 aliphatic carbocycles. The van der Waals surface area contributed by atoms with Gasteiger partial charge in [0, 0.05) is 6.08 Å². The van der Waals surface area contributed by atoms with Crippen molar-refractivity contribution in [2.24, 2.45) is 0 Å². The summed E-state index contributed by atoms with van der Waals surface area (Å²) in [6, 6.07) is 0. The molecule has 74 valence electrons. The van der Waals surface area contributed by atoms with Gasteiger partial charge >= 0.3 is 5.97 Å². The van der Waals surface area contributed by atoms with Gasteiger partial charge in [-0.1, -0.05) is 6.58 Å². The zero-order chi connectivity index (χ0) is 9.73. The number of rotatable bonds is 3. The summed E-state index contributed by atoms with van der Waals surface area (Å²) in [4.78, 5) is 10.8. The van der Waals surface area contributed by atoms with Crippen LogP contribution < -0.4 is 0 Å². The topological polar surface area (TPSA) is 26.3 Å². The highest BCUT2D eigenvalue weighted by Crippen LogP contribution is 2.41. The van der Waals surface area contributed by atoms with E-state index in [2.05, 4.69) is 13.5 Å². The van der Waals surface area contributed by atoms with Gasteiger partial charge in [-0.2, -0.15) is 0 Å². The quantitative estimate of drug-likeness (QED) is 0.536. The van der Waals surface area contributed by atoms with Crippen LogP contribution in [0.1, 0.15) is 13.3 Å². The third kappa shape index (κ3) is 3.65. The molecule has 0 unspecified atom stereocenters. The third-order valence-electron chi connectivity index (χ3n) is 1.75. The molecule has 0 aromatic rings. The maximum absolute atomic E-state index is 10.8. The van der Waals surface area contributed by atoms with Crippen LogP contribution in [0.3, 0.4) is 0 Å². The summed E-state index contributed by atoms with van der Waals surface area (Å²) in [7, 11) is 0. The smallest absolute Gasteiger partial charge is 0.330 e. The van der Waals surface area contributed by atoms with Crippen molar-refractivity contribution in [1.29, 1.82) is 0 Å². The first-order chi connectivity index (χ1) is 6.16. The molecule has 0 aromatic heterocycles. The number of hydrogen-bond acceptors (Lipinski definition) is 4. The molecule has 0 aromatic carbocycles. The Morgan fingerprint density at radius 1 is 1.62 bits per heavy atom. The number of esters is 1. The zero-order valence-corrected chi connectivity index (χ0v) is 9.38. The van der Waals surface area contributed by atoms with E-state index >= 15 is 0 Å². The first-order valence-electron chi connectivity index (χ1n) is 4.23. The maximum Gasteiger partial charge on any atom is 0.330 e. The van der Waals surface area contributed by atoms with E-state index < -0.39 is 0 Å². The molecule has 0 bridgehead atoms. The molecule has 0 spiro atoms. The van der Waals surface area contributed by atoms with Crippen LogP contribution in [0.2, 0.25) is 0 Å². The highest BCUT2D eigenvalue weighted by molar-refractivity contribution is 8.18. The van der Waals surface area contributed by atoms with Gasteiger partial charge in [-0.05, 0) is 24.9 Å². The van der Waals surface area contributed by atoms with E-state index in [0.717, 1.165) is 11.5 Å². The molecular formula is C9H14O2S2. The van der Waals surface area contributed by atoms with Crippen molar-refractivity contribution in [3.8, 4) is 0 Å². The molecule has 1 fully saturated rings. The summed E-state index contributed by atoms with van der Waals surface area (Å²) in [5, 5.41) is 0. The van der Waals surface area contributed by atoms with Crippen molar-refractivity contribution in [2.45, 2.75) is 17.4 Å². The van der Waals surface area contributed by atoms with Gasteiger partial charge in [-0.3, -0.25) is 0 Å². The summed E-state index contributed by atoms with van der Waals surface area (Å²) in [6.45, 7) is 5.96. The van der Waals surface area contributed by atoms with Gasteiger partial charge in [0.05, 0.1) is 4.08 Å². The highest BCUT2D eigenvalue weighted by atomic mass is 32.2. The molecule has 0 atom stereocenters. The van der Waals surface area contributed by atoms with Crippen LogP contribution in [0.5, 0.6) is 0 Å². The average molecular weight is 218 g/mol. The largest absolute Gasteiger partial charge is 0.460 e. The fourth-order valence-corrected chi connectivity index (χ4v) is 3.76. The van der Waals surface area contributed by atoms with Crippen LogP contribution in [0.25, 0.3) is 0 Å². The first kappa shape index (κ1) is 11.0.